The molecule has 0 spiro atoms. The van der Waals surface area contributed by atoms with E-state index in [1.807, 2.05) is 6.07 Å². The maximum Gasteiger partial charge on any atom is 0.145 e. The first kappa shape index (κ1) is 15.0. The Bertz CT molecular complexity index is 657. The first-order valence-corrected chi connectivity index (χ1v) is 6.73. The first-order valence-electron chi connectivity index (χ1n) is 6.20. The van der Waals surface area contributed by atoms with Crippen molar-refractivity contribution >= 4 is 11.6 Å². The Morgan fingerprint density at radius 3 is 2.14 bits per heavy atom. The SMILES string of the molecule is COc1cc(OC)cc(Oc2ccc(CCl)cc2C#N)c1. The summed E-state index contributed by atoms with van der Waals surface area (Å²) in [5, 5.41) is 9.20. The van der Waals surface area contributed by atoms with Gasteiger partial charge in [-0.25, -0.2) is 0 Å². The molecule has 0 bridgehead atoms. The number of hydrogen-bond donors (Lipinski definition) is 0. The highest BCUT2D eigenvalue weighted by molar-refractivity contribution is 6.17. The van der Waals surface area contributed by atoms with E-state index in [2.05, 4.69) is 6.07 Å². The van der Waals surface area contributed by atoms with Crippen LogP contribution < -0.4 is 14.2 Å². The number of methoxy groups -OCH3 is 2. The van der Waals surface area contributed by atoms with Crippen LogP contribution in [0.25, 0.3) is 0 Å². The summed E-state index contributed by atoms with van der Waals surface area (Å²) in [4.78, 5) is 0. The lowest BCUT2D eigenvalue weighted by Gasteiger charge is -2.11. The molecule has 5 heteroatoms. The summed E-state index contributed by atoms with van der Waals surface area (Å²) in [5.74, 6) is 2.56. The van der Waals surface area contributed by atoms with Gasteiger partial charge < -0.3 is 14.2 Å². The molecule has 0 saturated heterocycles. The van der Waals surface area contributed by atoms with Crippen molar-refractivity contribution in [3.05, 3.63) is 47.5 Å². The van der Waals surface area contributed by atoms with Crippen molar-refractivity contribution in [1.82, 2.24) is 0 Å². The van der Waals surface area contributed by atoms with E-state index in [1.165, 1.54) is 0 Å². The Labute approximate surface area is 128 Å². The molecule has 0 N–H and O–H groups in total. The highest BCUT2D eigenvalue weighted by Gasteiger charge is 2.08. The summed E-state index contributed by atoms with van der Waals surface area (Å²) >= 11 is 5.76. The molecule has 0 aliphatic rings. The molecular weight excluding hydrogens is 290 g/mol. The smallest absolute Gasteiger partial charge is 0.145 e. The number of nitrogens with zero attached hydrogens (tertiary/aromatic N) is 1. The normalized spacial score (nSPS) is 9.81. The van der Waals surface area contributed by atoms with Gasteiger partial charge in [0.15, 0.2) is 0 Å². The summed E-state index contributed by atoms with van der Waals surface area (Å²) in [6.45, 7) is 0. The fraction of sp³-hybridized carbons (Fsp3) is 0.188. The lowest BCUT2D eigenvalue weighted by Crippen LogP contribution is -1.93. The van der Waals surface area contributed by atoms with Gasteiger partial charge in [-0.05, 0) is 17.7 Å². The highest BCUT2D eigenvalue weighted by atomic mass is 35.5. The summed E-state index contributed by atoms with van der Waals surface area (Å²) in [6, 6.07) is 12.5. The molecule has 0 amide bonds. The van der Waals surface area contributed by atoms with Gasteiger partial charge in [-0.15, -0.1) is 11.6 Å². The maximum atomic E-state index is 9.20. The zero-order valence-corrected chi connectivity index (χ0v) is 12.5. The maximum absolute atomic E-state index is 9.20. The lowest BCUT2D eigenvalue weighted by molar-refractivity contribution is 0.386. The predicted octanol–water partition coefficient (Wildman–Crippen LogP) is 4.11. The standard InChI is InChI=1S/C16H14ClNO3/c1-19-13-6-14(20-2)8-15(7-13)21-16-4-3-11(9-17)5-12(16)10-18/h3-8H,9H2,1-2H3. The number of benzene rings is 2. The molecule has 2 rings (SSSR count). The second kappa shape index (κ2) is 6.87. The van der Waals surface area contributed by atoms with Crippen LogP contribution in [0.3, 0.4) is 0 Å². The van der Waals surface area contributed by atoms with Crippen LogP contribution in [-0.2, 0) is 5.88 Å². The highest BCUT2D eigenvalue weighted by Crippen LogP contribution is 2.32. The molecule has 0 heterocycles. The van der Waals surface area contributed by atoms with Crippen LogP contribution in [0.1, 0.15) is 11.1 Å². The van der Waals surface area contributed by atoms with Crippen LogP contribution >= 0.6 is 11.6 Å². The van der Waals surface area contributed by atoms with Crippen LogP contribution in [0.2, 0.25) is 0 Å². The monoisotopic (exact) mass is 303 g/mol. The molecule has 2 aromatic carbocycles. The van der Waals surface area contributed by atoms with Gasteiger partial charge in [-0.3, -0.25) is 0 Å². The number of alkyl halides is 1. The minimum absolute atomic E-state index is 0.349. The van der Waals surface area contributed by atoms with E-state index in [4.69, 9.17) is 25.8 Å². The number of hydrogen-bond acceptors (Lipinski definition) is 4. The molecule has 0 saturated carbocycles. The summed E-state index contributed by atoms with van der Waals surface area (Å²) in [5.41, 5.74) is 1.29. The van der Waals surface area contributed by atoms with Crippen LogP contribution in [0, 0.1) is 11.3 Å². The minimum Gasteiger partial charge on any atom is -0.496 e. The first-order chi connectivity index (χ1) is 10.2. The molecule has 0 atom stereocenters. The van der Waals surface area contributed by atoms with E-state index in [0.717, 1.165) is 5.56 Å². The Hall–Kier alpha value is -2.38. The van der Waals surface area contributed by atoms with Crippen LogP contribution in [0.5, 0.6) is 23.0 Å². The molecule has 0 aliphatic carbocycles. The van der Waals surface area contributed by atoms with Crippen LogP contribution in [0.15, 0.2) is 36.4 Å². The fourth-order valence-corrected chi connectivity index (χ4v) is 1.97. The van der Waals surface area contributed by atoms with Gasteiger partial charge in [0.2, 0.25) is 0 Å². The molecule has 2 aromatic rings. The van der Waals surface area contributed by atoms with Gasteiger partial charge >= 0.3 is 0 Å². The third-order valence-electron chi connectivity index (χ3n) is 2.87. The van der Waals surface area contributed by atoms with Crippen molar-refractivity contribution in [3.63, 3.8) is 0 Å². The summed E-state index contributed by atoms with van der Waals surface area (Å²) < 4.78 is 16.1. The van der Waals surface area contributed by atoms with E-state index in [-0.39, 0.29) is 0 Å². The zero-order valence-electron chi connectivity index (χ0n) is 11.7. The number of halogens is 1. The van der Waals surface area contributed by atoms with Gasteiger partial charge in [0.1, 0.15) is 29.1 Å². The van der Waals surface area contributed by atoms with Gasteiger partial charge in [-0.1, -0.05) is 6.07 Å². The van der Waals surface area contributed by atoms with E-state index in [1.54, 1.807) is 44.6 Å². The molecule has 0 unspecified atom stereocenters. The van der Waals surface area contributed by atoms with Gasteiger partial charge in [0.05, 0.1) is 19.8 Å². The second-order valence-corrected chi connectivity index (χ2v) is 4.49. The Morgan fingerprint density at radius 1 is 1.00 bits per heavy atom. The number of nitriles is 1. The zero-order chi connectivity index (χ0) is 15.2. The average molecular weight is 304 g/mol. The molecule has 0 aliphatic heterocycles. The van der Waals surface area contributed by atoms with E-state index < -0.39 is 0 Å². The molecular formula is C16H14ClNO3. The van der Waals surface area contributed by atoms with Gasteiger partial charge in [0.25, 0.3) is 0 Å². The average Bonchev–Trinajstić information content (AvgIpc) is 2.54. The number of ether oxygens (including phenoxy) is 3. The quantitative estimate of drug-likeness (QED) is 0.780. The molecule has 0 radical (unpaired) electrons. The van der Waals surface area contributed by atoms with Crippen LogP contribution in [-0.4, -0.2) is 14.2 Å². The molecule has 4 nitrogen and oxygen atoms in total. The third kappa shape index (κ3) is 3.59. The Kier molecular flexibility index (Phi) is 4.91. The van der Waals surface area contributed by atoms with E-state index in [9.17, 15) is 5.26 Å². The Balaban J connectivity index is 2.36. The summed E-state index contributed by atoms with van der Waals surface area (Å²) in [6.07, 6.45) is 0. The fourth-order valence-electron chi connectivity index (χ4n) is 1.80. The van der Waals surface area contributed by atoms with Crippen LogP contribution in [0.4, 0.5) is 0 Å². The Morgan fingerprint density at radius 2 is 1.62 bits per heavy atom. The van der Waals surface area contributed by atoms with Crippen molar-refractivity contribution in [3.8, 4) is 29.1 Å². The van der Waals surface area contributed by atoms with Crippen molar-refractivity contribution in [2.75, 3.05) is 14.2 Å². The number of rotatable bonds is 5. The van der Waals surface area contributed by atoms with Crippen molar-refractivity contribution in [2.45, 2.75) is 5.88 Å². The molecule has 108 valence electrons. The second-order valence-electron chi connectivity index (χ2n) is 4.23. The topological polar surface area (TPSA) is 51.5 Å². The van der Waals surface area contributed by atoms with Gasteiger partial charge in [0, 0.05) is 24.1 Å². The van der Waals surface area contributed by atoms with E-state index in [0.29, 0.717) is 34.4 Å². The van der Waals surface area contributed by atoms with Crippen molar-refractivity contribution < 1.29 is 14.2 Å². The van der Waals surface area contributed by atoms with Crippen molar-refractivity contribution in [1.29, 1.82) is 5.26 Å². The van der Waals surface area contributed by atoms with Gasteiger partial charge in [-0.2, -0.15) is 5.26 Å². The largest absolute Gasteiger partial charge is 0.496 e. The molecule has 0 fully saturated rings. The van der Waals surface area contributed by atoms with Crippen molar-refractivity contribution in [2.24, 2.45) is 0 Å². The molecule has 21 heavy (non-hydrogen) atoms. The van der Waals surface area contributed by atoms with E-state index >= 15 is 0 Å². The third-order valence-corrected chi connectivity index (χ3v) is 3.18. The molecule has 0 aromatic heterocycles. The predicted molar refractivity (Wildman–Crippen MR) is 80.3 cm³/mol. The summed E-state index contributed by atoms with van der Waals surface area (Å²) in [7, 11) is 3.13. The minimum atomic E-state index is 0.349. The lowest BCUT2D eigenvalue weighted by atomic mass is 10.1.